The van der Waals surface area contributed by atoms with Gasteiger partial charge in [0.1, 0.15) is 0 Å². The SMILES string of the molecule is C[C@H](Cn1ccnc1)NC(=O)N1CCN(c2nccs2)CC1. The third kappa shape index (κ3) is 3.56. The average molecular weight is 320 g/mol. The highest BCUT2D eigenvalue weighted by Crippen LogP contribution is 2.18. The van der Waals surface area contributed by atoms with Crippen LogP contribution in [0.2, 0.25) is 0 Å². The highest BCUT2D eigenvalue weighted by atomic mass is 32.1. The zero-order valence-electron chi connectivity index (χ0n) is 12.6. The van der Waals surface area contributed by atoms with Gasteiger partial charge in [-0.05, 0) is 6.92 Å². The lowest BCUT2D eigenvalue weighted by molar-refractivity contribution is 0.190. The quantitative estimate of drug-likeness (QED) is 0.921. The van der Waals surface area contributed by atoms with Crippen molar-refractivity contribution in [1.82, 2.24) is 24.8 Å². The molecule has 0 saturated carbocycles. The van der Waals surface area contributed by atoms with Crippen LogP contribution >= 0.6 is 11.3 Å². The molecule has 0 aliphatic carbocycles. The first-order valence-electron chi connectivity index (χ1n) is 7.38. The Hall–Kier alpha value is -2.09. The largest absolute Gasteiger partial charge is 0.345 e. The van der Waals surface area contributed by atoms with Gasteiger partial charge < -0.3 is 19.7 Å². The van der Waals surface area contributed by atoms with Crippen molar-refractivity contribution >= 4 is 22.5 Å². The molecule has 22 heavy (non-hydrogen) atoms. The summed E-state index contributed by atoms with van der Waals surface area (Å²) in [5.74, 6) is 0. The van der Waals surface area contributed by atoms with Gasteiger partial charge >= 0.3 is 6.03 Å². The van der Waals surface area contributed by atoms with Gasteiger partial charge in [0.05, 0.1) is 6.33 Å². The summed E-state index contributed by atoms with van der Waals surface area (Å²) in [4.78, 5) is 24.7. The van der Waals surface area contributed by atoms with Crippen molar-refractivity contribution in [1.29, 1.82) is 0 Å². The number of hydrogen-bond donors (Lipinski definition) is 1. The number of rotatable bonds is 4. The first-order valence-corrected chi connectivity index (χ1v) is 8.26. The van der Waals surface area contributed by atoms with Crippen molar-refractivity contribution in [2.45, 2.75) is 19.5 Å². The molecule has 2 aromatic heterocycles. The Morgan fingerprint density at radius 3 is 2.82 bits per heavy atom. The first-order chi connectivity index (χ1) is 10.7. The number of carbonyl (C=O) groups is 1. The lowest BCUT2D eigenvalue weighted by Gasteiger charge is -2.35. The minimum absolute atomic E-state index is 0.00593. The number of carbonyl (C=O) groups excluding carboxylic acids is 1. The molecule has 0 spiro atoms. The molecule has 1 saturated heterocycles. The number of piperazine rings is 1. The Labute approximate surface area is 133 Å². The lowest BCUT2D eigenvalue weighted by Crippen LogP contribution is -2.53. The molecule has 1 fully saturated rings. The van der Waals surface area contributed by atoms with Crippen LogP contribution in [0.15, 0.2) is 30.3 Å². The van der Waals surface area contributed by atoms with E-state index in [0.29, 0.717) is 0 Å². The number of anilines is 1. The number of nitrogens with one attached hydrogen (secondary N) is 1. The fraction of sp³-hybridized carbons (Fsp3) is 0.500. The molecule has 1 N–H and O–H groups in total. The number of amides is 2. The van der Waals surface area contributed by atoms with Crippen LogP contribution in [0, 0.1) is 0 Å². The fourth-order valence-corrected chi connectivity index (χ4v) is 3.23. The summed E-state index contributed by atoms with van der Waals surface area (Å²) in [6.07, 6.45) is 7.22. The Balaban J connectivity index is 1.45. The molecular weight excluding hydrogens is 300 g/mol. The van der Waals surface area contributed by atoms with E-state index < -0.39 is 0 Å². The van der Waals surface area contributed by atoms with Gasteiger partial charge in [-0.15, -0.1) is 11.3 Å². The van der Waals surface area contributed by atoms with E-state index in [9.17, 15) is 4.79 Å². The molecule has 0 radical (unpaired) electrons. The van der Waals surface area contributed by atoms with Crippen LogP contribution in [0.3, 0.4) is 0 Å². The molecule has 1 atom stereocenters. The van der Waals surface area contributed by atoms with Crippen molar-refractivity contribution in [3.8, 4) is 0 Å². The molecule has 2 aromatic rings. The van der Waals surface area contributed by atoms with E-state index in [1.165, 1.54) is 0 Å². The Morgan fingerprint density at radius 2 is 2.18 bits per heavy atom. The number of aromatic nitrogens is 3. The molecule has 3 rings (SSSR count). The third-order valence-electron chi connectivity index (χ3n) is 3.67. The van der Waals surface area contributed by atoms with Crippen LogP contribution in [0.4, 0.5) is 9.93 Å². The van der Waals surface area contributed by atoms with E-state index in [1.807, 2.05) is 34.2 Å². The van der Waals surface area contributed by atoms with E-state index >= 15 is 0 Å². The molecule has 3 heterocycles. The van der Waals surface area contributed by atoms with Crippen molar-refractivity contribution in [3.63, 3.8) is 0 Å². The lowest BCUT2D eigenvalue weighted by atomic mass is 10.3. The number of thiazole rings is 1. The second-order valence-electron chi connectivity index (χ2n) is 5.40. The van der Waals surface area contributed by atoms with Gasteiger partial charge in [-0.2, -0.15) is 0 Å². The van der Waals surface area contributed by atoms with E-state index in [1.54, 1.807) is 23.9 Å². The zero-order chi connectivity index (χ0) is 15.4. The predicted octanol–water partition coefficient (Wildman–Crippen LogP) is 1.26. The van der Waals surface area contributed by atoms with Gasteiger partial charge in [-0.25, -0.2) is 14.8 Å². The van der Waals surface area contributed by atoms with Crippen molar-refractivity contribution in [2.24, 2.45) is 0 Å². The molecule has 1 aliphatic heterocycles. The van der Waals surface area contributed by atoms with Gasteiger partial charge in [0.2, 0.25) is 0 Å². The van der Waals surface area contributed by atoms with E-state index in [0.717, 1.165) is 37.9 Å². The molecule has 0 bridgehead atoms. The van der Waals surface area contributed by atoms with Crippen LogP contribution in [0.5, 0.6) is 0 Å². The molecule has 0 unspecified atom stereocenters. The summed E-state index contributed by atoms with van der Waals surface area (Å²) in [6, 6.07) is 0.0742. The van der Waals surface area contributed by atoms with Gasteiger partial charge in [-0.3, -0.25) is 0 Å². The maximum atomic E-state index is 12.3. The summed E-state index contributed by atoms with van der Waals surface area (Å²) in [7, 11) is 0. The van der Waals surface area contributed by atoms with E-state index in [2.05, 4.69) is 20.2 Å². The number of hydrogen-bond acceptors (Lipinski definition) is 5. The minimum atomic E-state index is 0.00593. The zero-order valence-corrected chi connectivity index (χ0v) is 13.4. The number of imidazole rings is 1. The topological polar surface area (TPSA) is 66.3 Å². The molecule has 7 nitrogen and oxygen atoms in total. The monoisotopic (exact) mass is 320 g/mol. The van der Waals surface area contributed by atoms with Crippen LogP contribution in [0.1, 0.15) is 6.92 Å². The molecule has 118 valence electrons. The summed E-state index contributed by atoms with van der Waals surface area (Å²) >= 11 is 1.64. The van der Waals surface area contributed by atoms with Crippen molar-refractivity contribution < 1.29 is 4.79 Å². The summed E-state index contributed by atoms with van der Waals surface area (Å²) in [5.41, 5.74) is 0. The summed E-state index contributed by atoms with van der Waals surface area (Å²) in [5, 5.41) is 6.06. The molecule has 2 amide bonds. The number of nitrogens with zero attached hydrogens (tertiary/aromatic N) is 5. The second kappa shape index (κ2) is 6.78. The van der Waals surface area contributed by atoms with Crippen LogP contribution in [-0.4, -0.2) is 57.7 Å². The smallest absolute Gasteiger partial charge is 0.317 e. The van der Waals surface area contributed by atoms with Gasteiger partial charge in [0.25, 0.3) is 0 Å². The normalized spacial score (nSPS) is 16.6. The van der Waals surface area contributed by atoms with Crippen molar-refractivity contribution in [2.75, 3.05) is 31.1 Å². The summed E-state index contributed by atoms with van der Waals surface area (Å²) < 4.78 is 1.96. The number of urea groups is 1. The van der Waals surface area contributed by atoms with Crippen molar-refractivity contribution in [3.05, 3.63) is 30.3 Å². The summed E-state index contributed by atoms with van der Waals surface area (Å²) in [6.45, 7) is 5.84. The highest BCUT2D eigenvalue weighted by molar-refractivity contribution is 7.13. The van der Waals surface area contributed by atoms with Gasteiger partial charge in [-0.1, -0.05) is 0 Å². The first kappa shape index (κ1) is 14.8. The Kier molecular flexibility index (Phi) is 4.57. The fourth-order valence-electron chi connectivity index (χ4n) is 2.53. The van der Waals surface area contributed by atoms with Gasteiger partial charge in [0.15, 0.2) is 5.13 Å². The molecule has 1 aliphatic rings. The van der Waals surface area contributed by atoms with E-state index in [-0.39, 0.29) is 12.1 Å². The minimum Gasteiger partial charge on any atom is -0.345 e. The van der Waals surface area contributed by atoms with Crippen LogP contribution < -0.4 is 10.2 Å². The highest BCUT2D eigenvalue weighted by Gasteiger charge is 2.23. The molecule has 8 heteroatoms. The second-order valence-corrected chi connectivity index (χ2v) is 6.27. The maximum Gasteiger partial charge on any atom is 0.317 e. The van der Waals surface area contributed by atoms with Crippen LogP contribution in [-0.2, 0) is 6.54 Å². The van der Waals surface area contributed by atoms with Crippen LogP contribution in [0.25, 0.3) is 0 Å². The maximum absolute atomic E-state index is 12.3. The average Bonchev–Trinajstić information content (AvgIpc) is 3.20. The predicted molar refractivity (Wildman–Crippen MR) is 86.1 cm³/mol. The molecule has 0 aromatic carbocycles. The Bertz CT molecular complexity index is 577. The van der Waals surface area contributed by atoms with E-state index in [4.69, 9.17) is 0 Å². The standard InChI is InChI=1S/C14H20N6OS/c1-12(10-18-4-2-15-11-18)17-13(21)19-5-7-20(8-6-19)14-16-3-9-22-14/h2-4,9,11-12H,5-8,10H2,1H3,(H,17,21)/t12-/m1/s1. The molecular formula is C14H20N6OS. The third-order valence-corrected chi connectivity index (χ3v) is 4.50. The Morgan fingerprint density at radius 1 is 1.36 bits per heavy atom. The van der Waals surface area contributed by atoms with Gasteiger partial charge in [0, 0.05) is 62.7 Å².